The molecule has 3 N–H and O–H groups in total. The summed E-state index contributed by atoms with van der Waals surface area (Å²) in [5, 5.41) is 6.68. The zero-order valence-electron chi connectivity index (χ0n) is 20.8. The number of fused-ring (bicyclic) bond motifs is 1. The molecule has 2 aliphatic rings. The highest BCUT2D eigenvalue weighted by atomic mass is 35.5. The second-order valence-electron chi connectivity index (χ2n) is 9.19. The highest BCUT2D eigenvalue weighted by Gasteiger charge is 2.29. The van der Waals surface area contributed by atoms with Gasteiger partial charge in [-0.1, -0.05) is 24.4 Å². The van der Waals surface area contributed by atoms with Crippen molar-refractivity contribution in [3.05, 3.63) is 28.9 Å². The number of hydrogen-bond donors (Lipinski definition) is 3. The third-order valence-corrected chi connectivity index (χ3v) is 7.59. The minimum absolute atomic E-state index is 0.000897. The van der Waals surface area contributed by atoms with Gasteiger partial charge in [-0.25, -0.2) is 18.1 Å². The number of hydrogen-bond acceptors (Lipinski definition) is 8. The van der Waals surface area contributed by atoms with E-state index in [-0.39, 0.29) is 18.0 Å². The summed E-state index contributed by atoms with van der Waals surface area (Å²) in [7, 11) is -1.73. The molecule has 1 saturated carbocycles. The van der Waals surface area contributed by atoms with Crippen LogP contribution in [0.15, 0.2) is 18.3 Å². The standard InChI is InChI=1S/C24H33ClN6O4S/c1-4-31(20-13-12-17-15(22(20)35-2)8-7-11-21(32)27-17)24-26-14-16(25)23(29-24)28-18-9-5-6-10-19(18)30-36(3,33)34/h12-14,18-19,30H,4-11H2,1-3H3,(H,27,32)(H,26,28,29)/t18-,19-/m1/s1. The molecule has 1 aliphatic carbocycles. The molecule has 36 heavy (non-hydrogen) atoms. The Bertz CT molecular complexity index is 1230. The van der Waals surface area contributed by atoms with E-state index in [1.165, 1.54) is 6.26 Å². The second-order valence-corrected chi connectivity index (χ2v) is 11.4. The molecule has 10 nitrogen and oxygen atoms in total. The maximum Gasteiger partial charge on any atom is 0.232 e. The first-order chi connectivity index (χ1) is 17.2. The molecule has 0 unspecified atom stereocenters. The molecule has 1 fully saturated rings. The Morgan fingerprint density at radius 1 is 1.19 bits per heavy atom. The van der Waals surface area contributed by atoms with Crippen molar-refractivity contribution in [2.45, 2.75) is 64.0 Å². The van der Waals surface area contributed by atoms with Gasteiger partial charge < -0.3 is 20.3 Å². The van der Waals surface area contributed by atoms with Gasteiger partial charge in [0.05, 0.1) is 25.2 Å². The van der Waals surface area contributed by atoms with Gasteiger partial charge in [0.1, 0.15) is 10.8 Å². The molecule has 1 aromatic carbocycles. The summed E-state index contributed by atoms with van der Waals surface area (Å²) in [5.41, 5.74) is 2.50. The number of halogens is 1. The molecular weight excluding hydrogens is 504 g/mol. The van der Waals surface area contributed by atoms with Crippen LogP contribution in [0.4, 0.5) is 23.1 Å². The third-order valence-electron chi connectivity index (χ3n) is 6.58. The van der Waals surface area contributed by atoms with E-state index >= 15 is 0 Å². The molecule has 2 heterocycles. The number of nitrogens with one attached hydrogen (secondary N) is 3. The van der Waals surface area contributed by atoms with E-state index in [2.05, 4.69) is 20.3 Å². The highest BCUT2D eigenvalue weighted by molar-refractivity contribution is 7.88. The summed E-state index contributed by atoms with van der Waals surface area (Å²) < 4.78 is 32.3. The van der Waals surface area contributed by atoms with E-state index in [1.807, 2.05) is 24.0 Å². The molecule has 1 aromatic heterocycles. The van der Waals surface area contributed by atoms with Crippen LogP contribution in [-0.2, 0) is 21.2 Å². The lowest BCUT2D eigenvalue weighted by atomic mass is 9.91. The monoisotopic (exact) mass is 536 g/mol. The molecule has 12 heteroatoms. The largest absolute Gasteiger partial charge is 0.494 e. The third kappa shape index (κ3) is 6.01. The average Bonchev–Trinajstić information content (AvgIpc) is 3.02. The number of ether oxygens (including phenoxy) is 1. The zero-order valence-corrected chi connectivity index (χ0v) is 22.4. The van der Waals surface area contributed by atoms with E-state index in [0.29, 0.717) is 41.9 Å². The number of nitrogens with zero attached hydrogens (tertiary/aromatic N) is 3. The maximum absolute atomic E-state index is 12.0. The Hall–Kier alpha value is -2.63. The second kappa shape index (κ2) is 11.2. The van der Waals surface area contributed by atoms with Gasteiger partial charge in [0.15, 0.2) is 5.82 Å². The Kier molecular flexibility index (Phi) is 8.21. The lowest BCUT2D eigenvalue weighted by Gasteiger charge is -2.33. The van der Waals surface area contributed by atoms with Crippen LogP contribution in [0.5, 0.6) is 5.75 Å². The first kappa shape index (κ1) is 26.4. The first-order valence-corrected chi connectivity index (χ1v) is 14.5. The Balaban J connectivity index is 1.66. The van der Waals surface area contributed by atoms with Crippen LogP contribution in [0.3, 0.4) is 0 Å². The van der Waals surface area contributed by atoms with Crippen LogP contribution >= 0.6 is 11.6 Å². The average molecular weight is 537 g/mol. The lowest BCUT2D eigenvalue weighted by Crippen LogP contribution is -2.48. The summed E-state index contributed by atoms with van der Waals surface area (Å²) in [6.45, 7) is 2.55. The number of methoxy groups -OCH3 is 1. The van der Waals surface area contributed by atoms with Crippen LogP contribution in [0.1, 0.15) is 51.0 Å². The predicted molar refractivity (Wildman–Crippen MR) is 142 cm³/mol. The van der Waals surface area contributed by atoms with Crippen molar-refractivity contribution in [2.75, 3.05) is 35.4 Å². The van der Waals surface area contributed by atoms with Crippen molar-refractivity contribution in [3.63, 3.8) is 0 Å². The summed E-state index contributed by atoms with van der Waals surface area (Å²) in [6, 6.07) is 3.39. The van der Waals surface area contributed by atoms with E-state index in [0.717, 1.165) is 49.0 Å². The molecule has 4 rings (SSSR count). The van der Waals surface area contributed by atoms with Crippen molar-refractivity contribution >= 4 is 50.7 Å². The number of sulfonamides is 1. The van der Waals surface area contributed by atoms with Crippen LogP contribution in [0, 0.1) is 0 Å². The number of carbonyl (C=O) groups excluding carboxylic acids is 1. The van der Waals surface area contributed by atoms with Gasteiger partial charge in [-0.2, -0.15) is 4.98 Å². The Labute approximate surface area is 217 Å². The summed E-state index contributed by atoms with van der Waals surface area (Å²) in [6.07, 6.45) is 8.12. The van der Waals surface area contributed by atoms with E-state index in [9.17, 15) is 13.2 Å². The normalized spacial score (nSPS) is 20.2. The molecule has 0 saturated heterocycles. The SMILES string of the molecule is CCN(c1ncc(Cl)c(N[C@@H]2CCCC[C@H]2NS(C)(=O)=O)n1)c1ccc2c(c1OC)CCCC(=O)N2. The quantitative estimate of drug-likeness (QED) is 0.464. The van der Waals surface area contributed by atoms with Gasteiger partial charge in [-0.15, -0.1) is 0 Å². The molecule has 0 spiro atoms. The molecule has 1 aliphatic heterocycles. The summed E-state index contributed by atoms with van der Waals surface area (Å²) in [4.78, 5) is 23.2. The fourth-order valence-corrected chi connectivity index (χ4v) is 5.94. The van der Waals surface area contributed by atoms with E-state index in [1.54, 1.807) is 13.3 Å². The van der Waals surface area contributed by atoms with Gasteiger partial charge in [-0.05, 0) is 44.7 Å². The first-order valence-electron chi connectivity index (χ1n) is 12.2. The van der Waals surface area contributed by atoms with Gasteiger partial charge in [0.2, 0.25) is 21.9 Å². The Morgan fingerprint density at radius 3 is 2.64 bits per heavy atom. The van der Waals surface area contributed by atoms with Crippen molar-refractivity contribution in [1.29, 1.82) is 0 Å². The number of benzene rings is 1. The van der Waals surface area contributed by atoms with Crippen molar-refractivity contribution in [3.8, 4) is 5.75 Å². The Morgan fingerprint density at radius 2 is 1.94 bits per heavy atom. The minimum Gasteiger partial charge on any atom is -0.494 e. The van der Waals surface area contributed by atoms with Gasteiger partial charge in [-0.3, -0.25) is 4.79 Å². The molecule has 196 valence electrons. The van der Waals surface area contributed by atoms with Crippen LogP contribution in [-0.4, -0.2) is 56.3 Å². The number of aromatic nitrogens is 2. The van der Waals surface area contributed by atoms with Crippen molar-refractivity contribution in [1.82, 2.24) is 14.7 Å². The molecule has 2 atom stereocenters. The summed E-state index contributed by atoms with van der Waals surface area (Å²) >= 11 is 6.47. The molecule has 0 bridgehead atoms. The fourth-order valence-electron chi connectivity index (χ4n) is 4.96. The number of carbonyl (C=O) groups is 1. The highest BCUT2D eigenvalue weighted by Crippen LogP contribution is 2.41. The fraction of sp³-hybridized carbons (Fsp3) is 0.542. The van der Waals surface area contributed by atoms with Gasteiger partial charge in [0.25, 0.3) is 0 Å². The number of amides is 1. The van der Waals surface area contributed by atoms with E-state index < -0.39 is 10.0 Å². The van der Waals surface area contributed by atoms with Crippen LogP contribution < -0.4 is 25.0 Å². The minimum atomic E-state index is -3.35. The van der Waals surface area contributed by atoms with Crippen molar-refractivity contribution < 1.29 is 17.9 Å². The maximum atomic E-state index is 12.0. The zero-order chi connectivity index (χ0) is 25.9. The molecule has 2 aromatic rings. The molecule has 1 amide bonds. The topological polar surface area (TPSA) is 126 Å². The molecule has 0 radical (unpaired) electrons. The number of rotatable bonds is 8. The molecular formula is C24H33ClN6O4S. The smallest absolute Gasteiger partial charge is 0.232 e. The predicted octanol–water partition coefficient (Wildman–Crippen LogP) is 3.84. The number of anilines is 4. The van der Waals surface area contributed by atoms with Gasteiger partial charge in [0, 0.05) is 36.3 Å². The van der Waals surface area contributed by atoms with Crippen molar-refractivity contribution in [2.24, 2.45) is 0 Å². The van der Waals surface area contributed by atoms with Gasteiger partial charge >= 0.3 is 0 Å². The van der Waals surface area contributed by atoms with Crippen LogP contribution in [0.25, 0.3) is 0 Å². The summed E-state index contributed by atoms with van der Waals surface area (Å²) in [5.74, 6) is 1.56. The lowest BCUT2D eigenvalue weighted by molar-refractivity contribution is -0.116. The van der Waals surface area contributed by atoms with E-state index in [4.69, 9.17) is 21.3 Å². The van der Waals surface area contributed by atoms with Crippen LogP contribution in [0.2, 0.25) is 5.02 Å².